The summed E-state index contributed by atoms with van der Waals surface area (Å²) in [7, 11) is 4.45. The van der Waals surface area contributed by atoms with Gasteiger partial charge < -0.3 is 19.3 Å². The summed E-state index contributed by atoms with van der Waals surface area (Å²) < 4.78 is 15.8. The third-order valence-electron chi connectivity index (χ3n) is 4.84. The van der Waals surface area contributed by atoms with Gasteiger partial charge in [-0.2, -0.15) is 0 Å². The van der Waals surface area contributed by atoms with E-state index in [2.05, 4.69) is 0 Å². The number of methoxy groups -OCH3 is 3. The maximum absolute atomic E-state index is 12.7. The molecule has 0 aliphatic carbocycles. The van der Waals surface area contributed by atoms with Crippen LogP contribution in [0.5, 0.6) is 23.0 Å². The molecule has 6 nitrogen and oxygen atoms in total. The molecule has 0 aliphatic rings. The maximum Gasteiger partial charge on any atom is 0.203 e. The Morgan fingerprint density at radius 2 is 1.69 bits per heavy atom. The van der Waals surface area contributed by atoms with Gasteiger partial charge in [-0.15, -0.1) is 0 Å². The fourth-order valence-electron chi connectivity index (χ4n) is 2.98. The van der Waals surface area contributed by atoms with E-state index in [0.29, 0.717) is 40.2 Å². The lowest BCUT2D eigenvalue weighted by Crippen LogP contribution is -2.00. The number of ether oxygens (including phenoxy) is 3. The fourth-order valence-corrected chi connectivity index (χ4v) is 2.98. The molecule has 0 saturated carbocycles. The van der Waals surface area contributed by atoms with Crippen LogP contribution in [-0.2, 0) is 0 Å². The first-order valence-corrected chi connectivity index (χ1v) is 9.24. The van der Waals surface area contributed by atoms with E-state index in [1.807, 2.05) is 13.8 Å². The second-order valence-corrected chi connectivity index (χ2v) is 6.59. The molecule has 0 radical (unpaired) electrons. The van der Waals surface area contributed by atoms with Crippen LogP contribution in [-0.4, -0.2) is 38.5 Å². The molecule has 29 heavy (non-hydrogen) atoms. The van der Waals surface area contributed by atoms with E-state index in [0.717, 1.165) is 6.42 Å². The normalized spacial score (nSPS) is 11.9. The quantitative estimate of drug-likeness (QED) is 0.376. The molecule has 0 aromatic heterocycles. The minimum absolute atomic E-state index is 0.0116. The molecule has 6 heteroatoms. The van der Waals surface area contributed by atoms with Crippen LogP contribution < -0.4 is 14.2 Å². The number of aldehydes is 1. The summed E-state index contributed by atoms with van der Waals surface area (Å²) in [6.45, 7) is 3.97. The molecule has 1 unspecified atom stereocenters. The minimum Gasteiger partial charge on any atom is -0.507 e. The molecule has 0 bridgehead atoms. The highest BCUT2D eigenvalue weighted by Gasteiger charge is 2.16. The summed E-state index contributed by atoms with van der Waals surface area (Å²) >= 11 is 0. The Kier molecular flexibility index (Phi) is 7.42. The van der Waals surface area contributed by atoms with Crippen molar-refractivity contribution in [2.75, 3.05) is 21.3 Å². The molecular weight excluding hydrogens is 372 g/mol. The van der Waals surface area contributed by atoms with Crippen LogP contribution in [0.2, 0.25) is 0 Å². The molecule has 0 heterocycles. The molecule has 154 valence electrons. The van der Waals surface area contributed by atoms with Gasteiger partial charge in [0, 0.05) is 5.56 Å². The third kappa shape index (κ3) is 4.77. The van der Waals surface area contributed by atoms with E-state index in [-0.39, 0.29) is 23.0 Å². The van der Waals surface area contributed by atoms with Crippen molar-refractivity contribution in [3.63, 3.8) is 0 Å². The average Bonchev–Trinajstić information content (AvgIpc) is 2.76. The predicted molar refractivity (Wildman–Crippen MR) is 112 cm³/mol. The molecular formula is C23H26O6. The summed E-state index contributed by atoms with van der Waals surface area (Å²) in [4.78, 5) is 24.0. The number of ketones is 1. The molecule has 1 N–H and O–H groups in total. The third-order valence-corrected chi connectivity index (χ3v) is 4.84. The van der Waals surface area contributed by atoms with Crippen molar-refractivity contribution in [2.24, 2.45) is 0 Å². The lowest BCUT2D eigenvalue weighted by Gasteiger charge is -2.14. The number of carbonyl (C=O) groups excluding carboxylic acids is 2. The summed E-state index contributed by atoms with van der Waals surface area (Å²) in [5, 5.41) is 10.3. The highest BCUT2D eigenvalue weighted by molar-refractivity contribution is 6.07. The van der Waals surface area contributed by atoms with Gasteiger partial charge in [-0.25, -0.2) is 0 Å². The Balaban J connectivity index is 2.42. The Labute approximate surface area is 170 Å². The zero-order valence-corrected chi connectivity index (χ0v) is 17.3. The topological polar surface area (TPSA) is 82.1 Å². The number of benzene rings is 2. The number of hydrogen-bond acceptors (Lipinski definition) is 6. The van der Waals surface area contributed by atoms with E-state index >= 15 is 0 Å². The Morgan fingerprint density at radius 1 is 1.07 bits per heavy atom. The molecule has 1 atom stereocenters. The number of allylic oxidation sites excluding steroid dienone is 1. The van der Waals surface area contributed by atoms with E-state index in [1.54, 1.807) is 30.3 Å². The highest BCUT2D eigenvalue weighted by atomic mass is 16.5. The molecule has 0 spiro atoms. The number of carbonyl (C=O) groups is 2. The van der Waals surface area contributed by atoms with Gasteiger partial charge in [-0.05, 0) is 53.8 Å². The largest absolute Gasteiger partial charge is 0.507 e. The van der Waals surface area contributed by atoms with Crippen molar-refractivity contribution in [1.29, 1.82) is 0 Å². The number of rotatable bonds is 9. The van der Waals surface area contributed by atoms with Crippen molar-refractivity contribution in [2.45, 2.75) is 26.2 Å². The van der Waals surface area contributed by atoms with Gasteiger partial charge >= 0.3 is 0 Å². The van der Waals surface area contributed by atoms with Crippen molar-refractivity contribution in [3.05, 3.63) is 52.6 Å². The van der Waals surface area contributed by atoms with Gasteiger partial charge in [0.1, 0.15) is 5.75 Å². The van der Waals surface area contributed by atoms with Crippen molar-refractivity contribution < 1.29 is 28.9 Å². The van der Waals surface area contributed by atoms with Gasteiger partial charge in [0.25, 0.3) is 0 Å². The summed E-state index contributed by atoms with van der Waals surface area (Å²) in [5.74, 6) is 0.972. The monoisotopic (exact) mass is 398 g/mol. The average molecular weight is 398 g/mol. The second kappa shape index (κ2) is 9.78. The first-order chi connectivity index (χ1) is 13.9. The van der Waals surface area contributed by atoms with Crippen LogP contribution in [0.3, 0.4) is 0 Å². The van der Waals surface area contributed by atoms with Crippen LogP contribution in [0.4, 0.5) is 0 Å². The Hall–Kier alpha value is -3.28. The standard InChI is InChI=1S/C23H26O6/c1-6-14(2)18-10-15(9-17(13-24)22(18)26)7-8-19(25)16-11-20(27-3)23(29-5)21(12-16)28-4/h7-14,26H,6H2,1-5H3. The van der Waals surface area contributed by atoms with E-state index in [9.17, 15) is 14.7 Å². The lowest BCUT2D eigenvalue weighted by atomic mass is 9.93. The molecule has 0 fully saturated rings. The van der Waals surface area contributed by atoms with Crippen molar-refractivity contribution in [3.8, 4) is 23.0 Å². The molecule has 2 aromatic carbocycles. The SMILES string of the molecule is CCC(C)c1cc(C=CC(=O)c2cc(OC)c(OC)c(OC)c2)cc(C=O)c1O. The number of aromatic hydroxyl groups is 1. The number of hydrogen-bond donors (Lipinski definition) is 1. The first-order valence-electron chi connectivity index (χ1n) is 9.24. The Bertz CT molecular complexity index is 904. The fraction of sp³-hybridized carbons (Fsp3) is 0.304. The molecule has 0 amide bonds. The van der Waals surface area contributed by atoms with Crippen LogP contribution in [0, 0.1) is 0 Å². The van der Waals surface area contributed by atoms with Crippen LogP contribution in [0.25, 0.3) is 6.08 Å². The smallest absolute Gasteiger partial charge is 0.203 e. The van der Waals surface area contributed by atoms with Gasteiger partial charge in [0.2, 0.25) is 5.75 Å². The summed E-state index contributed by atoms with van der Waals surface area (Å²) in [5.41, 5.74) is 1.90. The van der Waals surface area contributed by atoms with Crippen LogP contribution >= 0.6 is 0 Å². The summed E-state index contributed by atoms with van der Waals surface area (Å²) in [6, 6.07) is 6.49. The molecule has 2 aromatic rings. The van der Waals surface area contributed by atoms with Gasteiger partial charge in [0.05, 0.1) is 26.9 Å². The van der Waals surface area contributed by atoms with Crippen molar-refractivity contribution >= 4 is 18.1 Å². The van der Waals surface area contributed by atoms with E-state index in [4.69, 9.17) is 14.2 Å². The zero-order valence-electron chi connectivity index (χ0n) is 17.3. The maximum atomic E-state index is 12.7. The minimum atomic E-state index is -0.268. The van der Waals surface area contributed by atoms with Crippen molar-refractivity contribution in [1.82, 2.24) is 0 Å². The number of phenolic OH excluding ortho intramolecular Hbond substituents is 1. The molecule has 0 aliphatic heterocycles. The molecule has 2 rings (SSSR count). The summed E-state index contributed by atoms with van der Waals surface area (Å²) in [6.07, 6.45) is 4.44. The van der Waals surface area contributed by atoms with Crippen LogP contribution in [0.15, 0.2) is 30.3 Å². The molecule has 0 saturated heterocycles. The Morgan fingerprint density at radius 3 is 2.17 bits per heavy atom. The zero-order chi connectivity index (χ0) is 21.6. The predicted octanol–water partition coefficient (Wildman–Crippen LogP) is 4.64. The van der Waals surface area contributed by atoms with Crippen LogP contribution in [0.1, 0.15) is 58.0 Å². The van der Waals surface area contributed by atoms with Gasteiger partial charge in [-0.3, -0.25) is 9.59 Å². The lowest BCUT2D eigenvalue weighted by molar-refractivity contribution is 0.104. The number of phenols is 1. The van der Waals surface area contributed by atoms with E-state index < -0.39 is 0 Å². The van der Waals surface area contributed by atoms with Gasteiger partial charge in [-0.1, -0.05) is 19.9 Å². The second-order valence-electron chi connectivity index (χ2n) is 6.59. The first kappa shape index (κ1) is 22.0. The van der Waals surface area contributed by atoms with E-state index in [1.165, 1.54) is 27.4 Å². The highest BCUT2D eigenvalue weighted by Crippen LogP contribution is 2.38. The van der Waals surface area contributed by atoms with Gasteiger partial charge in [0.15, 0.2) is 23.6 Å².